The highest BCUT2D eigenvalue weighted by Crippen LogP contribution is 2.29. The van der Waals surface area contributed by atoms with Crippen molar-refractivity contribution < 1.29 is 18.8 Å². The number of amides is 1. The van der Waals surface area contributed by atoms with Crippen molar-refractivity contribution in [2.75, 3.05) is 5.32 Å². The third-order valence-electron chi connectivity index (χ3n) is 4.79. The number of carbonyl (C=O) groups is 2. The highest BCUT2D eigenvalue weighted by atomic mass is 32.1. The van der Waals surface area contributed by atoms with E-state index in [4.69, 9.17) is 9.26 Å². The van der Waals surface area contributed by atoms with Crippen LogP contribution < -0.4 is 5.32 Å². The van der Waals surface area contributed by atoms with E-state index in [9.17, 15) is 9.59 Å². The van der Waals surface area contributed by atoms with Gasteiger partial charge in [-0.05, 0) is 39.3 Å². The van der Waals surface area contributed by atoms with Crippen LogP contribution in [0.2, 0.25) is 0 Å². The molecule has 0 aliphatic heterocycles. The molecule has 8 nitrogen and oxygen atoms in total. The van der Waals surface area contributed by atoms with Crippen molar-refractivity contribution in [1.29, 1.82) is 0 Å². The van der Waals surface area contributed by atoms with Crippen molar-refractivity contribution in [2.24, 2.45) is 0 Å². The van der Waals surface area contributed by atoms with Gasteiger partial charge in [-0.25, -0.2) is 4.79 Å². The molecule has 1 N–H and O–H groups in total. The van der Waals surface area contributed by atoms with E-state index in [1.807, 2.05) is 18.5 Å². The molecule has 1 amide bonds. The number of hydrogen-bond acceptors (Lipinski definition) is 7. The van der Waals surface area contributed by atoms with Gasteiger partial charge < -0.3 is 14.6 Å². The summed E-state index contributed by atoms with van der Waals surface area (Å²) in [4.78, 5) is 26.2. The number of nitrogens with zero attached hydrogens (tertiary/aromatic N) is 3. The second-order valence-electron chi connectivity index (χ2n) is 7.42. The monoisotopic (exact) mass is 438 g/mol. The summed E-state index contributed by atoms with van der Waals surface area (Å²) in [5.74, 6) is -0.190. The Kier molecular flexibility index (Phi) is 5.60. The molecule has 1 unspecified atom stereocenters. The standard InChI is InChI=1S/C22H22N4O4S/c1-12-5-7-16(8-6-12)11-26-21-17(14(3)24-26)10-18(31-21)22(28)29-15(4)20(27)23-19-9-13(2)30-25-19/h5-10,15H,11H2,1-4H3,(H,23,25,27). The van der Waals surface area contributed by atoms with E-state index in [1.165, 1.54) is 23.8 Å². The summed E-state index contributed by atoms with van der Waals surface area (Å²) < 4.78 is 12.2. The summed E-state index contributed by atoms with van der Waals surface area (Å²) >= 11 is 1.30. The van der Waals surface area contributed by atoms with Crippen LogP contribution in [0.3, 0.4) is 0 Å². The first-order valence-electron chi connectivity index (χ1n) is 9.78. The number of ether oxygens (including phenoxy) is 1. The molecule has 9 heteroatoms. The second-order valence-corrected chi connectivity index (χ2v) is 8.45. The lowest BCUT2D eigenvalue weighted by molar-refractivity contribution is -0.123. The van der Waals surface area contributed by atoms with Crippen LogP contribution in [0.4, 0.5) is 5.82 Å². The molecule has 0 saturated carbocycles. The highest BCUT2D eigenvalue weighted by molar-refractivity contribution is 7.20. The zero-order valence-electron chi connectivity index (χ0n) is 17.6. The summed E-state index contributed by atoms with van der Waals surface area (Å²) in [6, 6.07) is 11.6. The predicted molar refractivity (Wildman–Crippen MR) is 117 cm³/mol. The van der Waals surface area contributed by atoms with Crippen LogP contribution in [0.5, 0.6) is 0 Å². The lowest BCUT2D eigenvalue weighted by Crippen LogP contribution is -2.29. The lowest BCUT2D eigenvalue weighted by atomic mass is 10.1. The minimum absolute atomic E-state index is 0.277. The molecule has 3 heterocycles. The van der Waals surface area contributed by atoms with Gasteiger partial charge in [0.15, 0.2) is 11.9 Å². The van der Waals surface area contributed by atoms with E-state index < -0.39 is 18.0 Å². The molecule has 1 atom stereocenters. The molecule has 4 rings (SSSR count). The maximum Gasteiger partial charge on any atom is 0.349 e. The Labute approximate surface area is 182 Å². The lowest BCUT2D eigenvalue weighted by Gasteiger charge is -2.11. The Bertz CT molecular complexity index is 1250. The largest absolute Gasteiger partial charge is 0.448 e. The first-order valence-corrected chi connectivity index (χ1v) is 10.6. The Morgan fingerprint density at radius 2 is 1.94 bits per heavy atom. The van der Waals surface area contributed by atoms with Gasteiger partial charge in [0.2, 0.25) is 0 Å². The molecule has 3 aromatic heterocycles. The molecular weight excluding hydrogens is 416 g/mol. The number of aromatic nitrogens is 3. The average Bonchev–Trinajstić information content (AvgIpc) is 3.41. The fourth-order valence-electron chi connectivity index (χ4n) is 3.11. The number of benzene rings is 1. The van der Waals surface area contributed by atoms with Gasteiger partial charge in [0.25, 0.3) is 5.91 Å². The Morgan fingerprint density at radius 3 is 2.61 bits per heavy atom. The molecule has 4 aromatic rings. The smallest absolute Gasteiger partial charge is 0.349 e. The number of nitrogens with one attached hydrogen (secondary N) is 1. The fourth-order valence-corrected chi connectivity index (χ4v) is 4.16. The van der Waals surface area contributed by atoms with Crippen molar-refractivity contribution in [3.63, 3.8) is 0 Å². The summed E-state index contributed by atoms with van der Waals surface area (Å²) in [5.41, 5.74) is 3.16. The molecule has 31 heavy (non-hydrogen) atoms. The highest BCUT2D eigenvalue weighted by Gasteiger charge is 2.23. The molecular formula is C22H22N4O4S. The molecule has 0 fully saturated rings. The Morgan fingerprint density at radius 1 is 1.19 bits per heavy atom. The molecule has 0 aliphatic carbocycles. The van der Waals surface area contributed by atoms with Gasteiger partial charge in [0.1, 0.15) is 15.5 Å². The number of carbonyl (C=O) groups excluding carboxylic acids is 2. The third kappa shape index (κ3) is 4.51. The van der Waals surface area contributed by atoms with Crippen molar-refractivity contribution in [2.45, 2.75) is 40.3 Å². The average molecular weight is 439 g/mol. The van der Waals surface area contributed by atoms with Gasteiger partial charge >= 0.3 is 5.97 Å². The molecule has 1 aromatic carbocycles. The maximum absolute atomic E-state index is 12.6. The molecule has 0 spiro atoms. The van der Waals surface area contributed by atoms with Crippen LogP contribution in [0.1, 0.15) is 39.2 Å². The summed E-state index contributed by atoms with van der Waals surface area (Å²) in [7, 11) is 0. The molecule has 160 valence electrons. The normalized spacial score (nSPS) is 12.1. The number of esters is 1. The molecule has 0 saturated heterocycles. The third-order valence-corrected chi connectivity index (χ3v) is 5.92. The molecule has 0 bridgehead atoms. The van der Waals surface area contributed by atoms with Crippen LogP contribution in [0.15, 0.2) is 40.9 Å². The SMILES string of the molecule is Cc1ccc(Cn2nc(C)c3cc(C(=O)OC(C)C(=O)Nc4cc(C)on4)sc32)cc1. The van der Waals surface area contributed by atoms with Gasteiger partial charge in [-0.15, -0.1) is 11.3 Å². The zero-order chi connectivity index (χ0) is 22.1. The molecule has 0 radical (unpaired) electrons. The van der Waals surface area contributed by atoms with Crippen LogP contribution in [0.25, 0.3) is 10.2 Å². The summed E-state index contributed by atoms with van der Waals surface area (Å²) in [5, 5.41) is 11.8. The quantitative estimate of drug-likeness (QED) is 0.452. The number of rotatable bonds is 6. The zero-order valence-corrected chi connectivity index (χ0v) is 18.4. The van der Waals surface area contributed by atoms with Gasteiger partial charge in [-0.1, -0.05) is 35.0 Å². The van der Waals surface area contributed by atoms with Crippen LogP contribution in [-0.2, 0) is 16.1 Å². The molecule has 0 aliphatic rings. The number of aryl methyl sites for hydroxylation is 3. The number of fused-ring (bicyclic) bond motifs is 1. The van der Waals surface area contributed by atoms with E-state index in [-0.39, 0.29) is 5.82 Å². The van der Waals surface area contributed by atoms with Crippen LogP contribution >= 0.6 is 11.3 Å². The minimum atomic E-state index is -0.986. The Hall–Kier alpha value is -3.46. The maximum atomic E-state index is 12.6. The number of thiophene rings is 1. The number of hydrogen-bond donors (Lipinski definition) is 1. The fraction of sp³-hybridized carbons (Fsp3) is 0.273. The topological polar surface area (TPSA) is 99.2 Å². The second kappa shape index (κ2) is 8.35. The van der Waals surface area contributed by atoms with E-state index in [1.54, 1.807) is 19.1 Å². The van der Waals surface area contributed by atoms with Gasteiger partial charge in [-0.2, -0.15) is 5.10 Å². The first-order chi connectivity index (χ1) is 14.8. The van der Waals surface area contributed by atoms with Crippen LogP contribution in [-0.4, -0.2) is 32.9 Å². The first kappa shape index (κ1) is 20.8. The van der Waals surface area contributed by atoms with Gasteiger partial charge in [0.05, 0.1) is 12.2 Å². The summed E-state index contributed by atoms with van der Waals surface area (Å²) in [6.45, 7) is 7.79. The van der Waals surface area contributed by atoms with E-state index in [0.717, 1.165) is 21.5 Å². The van der Waals surface area contributed by atoms with Crippen molar-refractivity contribution in [3.05, 3.63) is 63.9 Å². The van der Waals surface area contributed by atoms with Gasteiger partial charge in [-0.3, -0.25) is 9.48 Å². The Balaban J connectivity index is 1.48. The van der Waals surface area contributed by atoms with E-state index in [2.05, 4.69) is 39.8 Å². The van der Waals surface area contributed by atoms with Crippen molar-refractivity contribution >= 4 is 39.2 Å². The van der Waals surface area contributed by atoms with Crippen molar-refractivity contribution in [1.82, 2.24) is 14.9 Å². The van der Waals surface area contributed by atoms with Gasteiger partial charge in [0, 0.05) is 11.5 Å². The van der Waals surface area contributed by atoms with E-state index in [0.29, 0.717) is 17.2 Å². The van der Waals surface area contributed by atoms with Crippen LogP contribution in [0, 0.1) is 20.8 Å². The predicted octanol–water partition coefficient (Wildman–Crippen LogP) is 4.24. The van der Waals surface area contributed by atoms with Crippen molar-refractivity contribution in [3.8, 4) is 0 Å². The van der Waals surface area contributed by atoms with E-state index >= 15 is 0 Å². The number of anilines is 1. The minimum Gasteiger partial charge on any atom is -0.448 e. The summed E-state index contributed by atoms with van der Waals surface area (Å²) in [6.07, 6.45) is -0.986.